The minimum atomic E-state index is -0.417. The summed E-state index contributed by atoms with van der Waals surface area (Å²) in [6.07, 6.45) is -0.0109. The molecule has 0 fully saturated rings. The maximum atomic E-state index is 12.3. The van der Waals surface area contributed by atoms with Gasteiger partial charge in [0.2, 0.25) is 5.91 Å². The lowest BCUT2D eigenvalue weighted by Crippen LogP contribution is -2.37. The molecule has 7 nitrogen and oxygen atoms in total. The molecule has 0 aliphatic heterocycles. The van der Waals surface area contributed by atoms with E-state index in [1.807, 2.05) is 18.2 Å². The zero-order valence-electron chi connectivity index (χ0n) is 15.0. The van der Waals surface area contributed by atoms with Gasteiger partial charge >= 0.3 is 0 Å². The van der Waals surface area contributed by atoms with Crippen molar-refractivity contribution < 1.29 is 19.1 Å². The lowest BCUT2D eigenvalue weighted by molar-refractivity contribution is -0.115. The van der Waals surface area contributed by atoms with Crippen LogP contribution >= 0.6 is 15.9 Å². The number of anilines is 1. The molecule has 0 bridgehead atoms. The van der Waals surface area contributed by atoms with Crippen molar-refractivity contribution in [3.8, 4) is 11.5 Å². The van der Waals surface area contributed by atoms with Crippen LogP contribution in [0.3, 0.4) is 0 Å². The van der Waals surface area contributed by atoms with Gasteiger partial charge in [0.05, 0.1) is 26.3 Å². The van der Waals surface area contributed by atoms with Crippen LogP contribution in [-0.4, -0.2) is 26.0 Å². The van der Waals surface area contributed by atoms with Gasteiger partial charge in [-0.25, -0.2) is 0 Å². The fraction of sp³-hybridized carbons (Fsp3) is 0.158. The number of halogens is 1. The van der Waals surface area contributed by atoms with Crippen molar-refractivity contribution in [2.75, 3.05) is 19.5 Å². The third-order valence-corrected chi connectivity index (χ3v) is 4.18. The van der Waals surface area contributed by atoms with Gasteiger partial charge in [-0.05, 0) is 40.2 Å². The predicted octanol–water partition coefficient (Wildman–Crippen LogP) is 3.24. The molecule has 0 heterocycles. The monoisotopic (exact) mass is 433 g/mol. The summed E-state index contributed by atoms with van der Waals surface area (Å²) in [5.74, 6) is 0.300. The molecular formula is C19H20BrN3O4. The van der Waals surface area contributed by atoms with Crippen molar-refractivity contribution in [3.05, 3.63) is 64.8 Å². The van der Waals surface area contributed by atoms with E-state index in [1.165, 1.54) is 14.2 Å². The van der Waals surface area contributed by atoms with Crippen molar-refractivity contribution in [3.63, 3.8) is 0 Å². The summed E-state index contributed by atoms with van der Waals surface area (Å²) in [6, 6.07) is 12.1. The fourth-order valence-electron chi connectivity index (χ4n) is 2.15. The van der Waals surface area contributed by atoms with Crippen LogP contribution in [0.5, 0.6) is 11.5 Å². The summed E-state index contributed by atoms with van der Waals surface area (Å²) in [7, 11) is 3.00. The van der Waals surface area contributed by atoms with Crippen LogP contribution in [0, 0.1) is 0 Å². The first-order chi connectivity index (χ1) is 12.9. The molecule has 27 heavy (non-hydrogen) atoms. The summed E-state index contributed by atoms with van der Waals surface area (Å²) in [4.78, 5) is 24.4. The van der Waals surface area contributed by atoms with Gasteiger partial charge in [-0.2, -0.15) is 0 Å². The number of ether oxygens (including phenoxy) is 2. The average molecular weight is 434 g/mol. The SMILES string of the molecule is C=C(CC(=O)Nc1ccccc1Br)NNC(=O)c1cc(OC)cc(OC)c1. The van der Waals surface area contributed by atoms with Gasteiger partial charge in [-0.1, -0.05) is 18.7 Å². The van der Waals surface area contributed by atoms with Gasteiger partial charge in [-0.15, -0.1) is 0 Å². The number of amides is 2. The van der Waals surface area contributed by atoms with E-state index in [4.69, 9.17) is 9.47 Å². The van der Waals surface area contributed by atoms with Crippen molar-refractivity contribution in [2.24, 2.45) is 0 Å². The number of benzene rings is 2. The first-order valence-electron chi connectivity index (χ1n) is 7.94. The minimum absolute atomic E-state index is 0.0109. The molecule has 2 aromatic carbocycles. The zero-order chi connectivity index (χ0) is 19.8. The molecule has 0 aliphatic carbocycles. The largest absolute Gasteiger partial charge is 0.497 e. The smallest absolute Gasteiger partial charge is 0.269 e. The quantitative estimate of drug-likeness (QED) is 0.556. The molecule has 2 amide bonds. The molecule has 0 atom stereocenters. The van der Waals surface area contributed by atoms with Crippen molar-refractivity contribution in [1.82, 2.24) is 10.9 Å². The Morgan fingerprint density at radius 1 is 1.04 bits per heavy atom. The molecule has 3 N–H and O–H groups in total. The van der Waals surface area contributed by atoms with E-state index in [9.17, 15) is 9.59 Å². The maximum Gasteiger partial charge on any atom is 0.269 e. The first-order valence-corrected chi connectivity index (χ1v) is 8.74. The highest BCUT2D eigenvalue weighted by Crippen LogP contribution is 2.23. The van der Waals surface area contributed by atoms with E-state index in [1.54, 1.807) is 24.3 Å². The Kier molecular flexibility index (Phi) is 7.25. The van der Waals surface area contributed by atoms with Crippen LogP contribution in [0.1, 0.15) is 16.8 Å². The zero-order valence-corrected chi connectivity index (χ0v) is 16.6. The molecule has 0 spiro atoms. The summed E-state index contributed by atoms with van der Waals surface area (Å²) < 4.78 is 11.0. The molecule has 0 aliphatic rings. The van der Waals surface area contributed by atoms with Gasteiger partial charge in [0.25, 0.3) is 5.91 Å². The molecule has 2 aromatic rings. The van der Waals surface area contributed by atoms with Crippen LogP contribution in [0.25, 0.3) is 0 Å². The van der Waals surface area contributed by atoms with Crippen LogP contribution in [0.2, 0.25) is 0 Å². The van der Waals surface area contributed by atoms with Crippen molar-refractivity contribution >= 4 is 33.4 Å². The Bertz CT molecular complexity index is 832. The molecule has 0 radical (unpaired) electrons. The second-order valence-electron chi connectivity index (χ2n) is 5.49. The molecular weight excluding hydrogens is 414 g/mol. The minimum Gasteiger partial charge on any atom is -0.497 e. The number of methoxy groups -OCH3 is 2. The highest BCUT2D eigenvalue weighted by atomic mass is 79.9. The molecule has 0 saturated carbocycles. The standard InChI is InChI=1S/C19H20BrN3O4/c1-12(8-18(24)21-17-7-5-4-6-16(17)20)22-23-19(25)13-9-14(26-2)11-15(10-13)27-3/h4-7,9-11,22H,1,8H2,2-3H3,(H,21,24)(H,23,25). The van der Waals surface area contributed by atoms with Gasteiger partial charge in [0, 0.05) is 21.8 Å². The molecule has 8 heteroatoms. The number of carbonyl (C=O) groups is 2. The maximum absolute atomic E-state index is 12.3. The van der Waals surface area contributed by atoms with Crippen LogP contribution < -0.4 is 25.6 Å². The highest BCUT2D eigenvalue weighted by molar-refractivity contribution is 9.10. The number of carbonyl (C=O) groups excluding carboxylic acids is 2. The van der Waals surface area contributed by atoms with Crippen LogP contribution in [-0.2, 0) is 4.79 Å². The van der Waals surface area contributed by atoms with Gasteiger partial charge in [0.1, 0.15) is 11.5 Å². The Hall–Kier alpha value is -3.00. The Balaban J connectivity index is 1.88. The molecule has 2 rings (SSSR count). The second-order valence-corrected chi connectivity index (χ2v) is 6.34. The lowest BCUT2D eigenvalue weighted by Gasteiger charge is -2.13. The summed E-state index contributed by atoms with van der Waals surface area (Å²) in [5.41, 5.74) is 6.46. The number of hydrazine groups is 1. The number of para-hydroxylation sites is 1. The van der Waals surface area contributed by atoms with Crippen LogP contribution in [0.15, 0.2) is 59.2 Å². The third kappa shape index (κ3) is 6.03. The van der Waals surface area contributed by atoms with E-state index in [0.29, 0.717) is 28.4 Å². The van der Waals surface area contributed by atoms with E-state index in [-0.39, 0.29) is 12.3 Å². The van der Waals surface area contributed by atoms with E-state index < -0.39 is 5.91 Å². The van der Waals surface area contributed by atoms with Crippen molar-refractivity contribution in [2.45, 2.75) is 6.42 Å². The highest BCUT2D eigenvalue weighted by Gasteiger charge is 2.11. The van der Waals surface area contributed by atoms with Gasteiger partial charge < -0.3 is 20.2 Å². The molecule has 142 valence electrons. The third-order valence-electron chi connectivity index (χ3n) is 3.49. The Morgan fingerprint density at radius 3 is 2.26 bits per heavy atom. The van der Waals surface area contributed by atoms with Crippen LogP contribution in [0.4, 0.5) is 5.69 Å². The summed E-state index contributed by atoms with van der Waals surface area (Å²) in [5, 5.41) is 2.76. The van der Waals surface area contributed by atoms with Gasteiger partial charge in [0.15, 0.2) is 0 Å². The lowest BCUT2D eigenvalue weighted by atomic mass is 10.2. The van der Waals surface area contributed by atoms with Crippen molar-refractivity contribution in [1.29, 1.82) is 0 Å². The first kappa shape index (κ1) is 20.3. The number of hydrogen-bond acceptors (Lipinski definition) is 5. The molecule has 0 unspecified atom stereocenters. The second kappa shape index (κ2) is 9.63. The number of rotatable bonds is 8. The Labute approximate surface area is 165 Å². The topological polar surface area (TPSA) is 88.7 Å². The summed E-state index contributed by atoms with van der Waals surface area (Å²) >= 11 is 3.36. The normalized spacial score (nSPS) is 9.89. The Morgan fingerprint density at radius 2 is 1.67 bits per heavy atom. The van der Waals surface area contributed by atoms with E-state index >= 15 is 0 Å². The van der Waals surface area contributed by atoms with Gasteiger partial charge in [-0.3, -0.25) is 15.0 Å². The van der Waals surface area contributed by atoms with E-state index in [0.717, 1.165) is 4.47 Å². The fourth-order valence-corrected chi connectivity index (χ4v) is 2.53. The summed E-state index contributed by atoms with van der Waals surface area (Å²) in [6.45, 7) is 3.74. The van der Waals surface area contributed by atoms with E-state index in [2.05, 4.69) is 38.7 Å². The average Bonchev–Trinajstić information content (AvgIpc) is 2.67. The molecule has 0 saturated heterocycles. The predicted molar refractivity (Wildman–Crippen MR) is 107 cm³/mol. The number of hydrogen-bond donors (Lipinski definition) is 3. The number of nitrogens with one attached hydrogen (secondary N) is 3. The molecule has 0 aromatic heterocycles.